The highest BCUT2D eigenvalue weighted by atomic mass is 15.3. The van der Waals surface area contributed by atoms with Gasteiger partial charge in [0.15, 0.2) is 5.82 Å². The summed E-state index contributed by atoms with van der Waals surface area (Å²) in [5.74, 6) is 1.74. The Balaban J connectivity index is 1.45. The molecule has 1 saturated heterocycles. The monoisotopic (exact) mass is 356 g/mol. The quantitative estimate of drug-likeness (QED) is 0.720. The average molecular weight is 356 g/mol. The van der Waals surface area contributed by atoms with Crippen LogP contribution in [0.15, 0.2) is 36.8 Å². The van der Waals surface area contributed by atoms with Gasteiger partial charge in [0.1, 0.15) is 12.1 Å². The van der Waals surface area contributed by atoms with Crippen molar-refractivity contribution in [3.05, 3.63) is 42.4 Å². The third kappa shape index (κ3) is 2.03. The van der Waals surface area contributed by atoms with Gasteiger partial charge in [-0.15, -0.1) is 0 Å². The Labute approximate surface area is 157 Å². The van der Waals surface area contributed by atoms with Crippen LogP contribution in [-0.2, 0) is 5.41 Å². The summed E-state index contributed by atoms with van der Waals surface area (Å²) in [4.78, 5) is 11.2. The van der Waals surface area contributed by atoms with Crippen molar-refractivity contribution in [1.29, 1.82) is 5.26 Å². The summed E-state index contributed by atoms with van der Waals surface area (Å²) in [6, 6.07) is 11.0. The van der Waals surface area contributed by atoms with Gasteiger partial charge in [-0.2, -0.15) is 10.4 Å². The molecule has 3 fully saturated rings. The van der Waals surface area contributed by atoms with Gasteiger partial charge in [0.2, 0.25) is 0 Å². The van der Waals surface area contributed by atoms with E-state index >= 15 is 0 Å². The highest BCUT2D eigenvalue weighted by molar-refractivity contribution is 5.81. The van der Waals surface area contributed by atoms with E-state index in [1.165, 1.54) is 25.7 Å². The van der Waals surface area contributed by atoms with E-state index in [1.807, 2.05) is 16.9 Å². The topological polar surface area (TPSA) is 70.6 Å². The van der Waals surface area contributed by atoms with Crippen molar-refractivity contribution in [2.75, 3.05) is 18.0 Å². The van der Waals surface area contributed by atoms with Gasteiger partial charge in [0.05, 0.1) is 23.2 Å². The molecular formula is C21H20N6. The highest BCUT2D eigenvalue weighted by Gasteiger charge is 2.75. The molecule has 2 saturated carbocycles. The van der Waals surface area contributed by atoms with Gasteiger partial charge in [-0.1, -0.05) is 12.1 Å². The molecule has 2 aliphatic carbocycles. The molecule has 6 heteroatoms. The molecule has 0 N–H and O–H groups in total. The van der Waals surface area contributed by atoms with E-state index in [0.717, 1.165) is 47.6 Å². The molecule has 2 aromatic heterocycles. The number of benzene rings is 1. The zero-order valence-electron chi connectivity index (χ0n) is 15.1. The highest BCUT2D eigenvalue weighted by Crippen LogP contribution is 2.78. The second kappa shape index (κ2) is 5.07. The van der Waals surface area contributed by atoms with Gasteiger partial charge in [-0.3, -0.25) is 0 Å². The number of aromatic nitrogens is 4. The fourth-order valence-electron chi connectivity index (χ4n) is 4.89. The number of rotatable bonds is 3. The normalized spacial score (nSPS) is 25.1. The molecule has 3 aliphatic rings. The number of hydrogen-bond acceptors (Lipinski definition) is 5. The lowest BCUT2D eigenvalue weighted by Crippen LogP contribution is -2.19. The second-order valence-electron chi connectivity index (χ2n) is 8.23. The maximum atomic E-state index is 9.85. The number of anilines is 1. The van der Waals surface area contributed by atoms with Crippen LogP contribution in [0, 0.1) is 16.7 Å². The fourth-order valence-corrected chi connectivity index (χ4v) is 4.89. The summed E-state index contributed by atoms with van der Waals surface area (Å²) in [6.45, 7) is 2.10. The van der Waals surface area contributed by atoms with Crippen molar-refractivity contribution >= 4 is 16.7 Å². The lowest BCUT2D eigenvalue weighted by Gasteiger charge is -2.16. The molecule has 27 heavy (non-hydrogen) atoms. The van der Waals surface area contributed by atoms with Crippen molar-refractivity contribution in [1.82, 2.24) is 19.7 Å². The van der Waals surface area contributed by atoms with Crippen LogP contribution in [0.1, 0.15) is 37.7 Å². The smallest absolute Gasteiger partial charge is 0.159 e. The minimum Gasteiger partial charge on any atom is -0.356 e. The van der Waals surface area contributed by atoms with Gasteiger partial charge in [-0.05, 0) is 49.1 Å². The standard InChI is InChI=1S/C21H20N6/c22-13-21(12-20(21)5-6-20)16-4-3-15-11-25-27(17(15)9-16)19-10-18(23-14-24-19)26-7-1-2-8-26/h3-4,9-11,14H,1-2,5-8,12H2. The van der Waals surface area contributed by atoms with Crippen molar-refractivity contribution in [2.24, 2.45) is 5.41 Å². The third-order valence-corrected chi connectivity index (χ3v) is 6.78. The first-order valence-corrected chi connectivity index (χ1v) is 9.72. The van der Waals surface area contributed by atoms with E-state index in [0.29, 0.717) is 0 Å². The summed E-state index contributed by atoms with van der Waals surface area (Å²) >= 11 is 0. The molecule has 1 spiro atoms. The SMILES string of the molecule is N#CC1(c2ccc3cnn(-c4cc(N5CCCC5)ncn4)c3c2)CC12CC2. The minimum atomic E-state index is -0.289. The van der Waals surface area contributed by atoms with Crippen LogP contribution in [0.2, 0.25) is 0 Å². The molecule has 3 heterocycles. The summed E-state index contributed by atoms with van der Waals surface area (Å²) in [5.41, 5.74) is 2.11. The first kappa shape index (κ1) is 15.2. The number of nitriles is 1. The van der Waals surface area contributed by atoms with Crippen molar-refractivity contribution in [2.45, 2.75) is 37.5 Å². The van der Waals surface area contributed by atoms with Crippen LogP contribution in [0.4, 0.5) is 5.82 Å². The van der Waals surface area contributed by atoms with Crippen LogP contribution in [0.3, 0.4) is 0 Å². The van der Waals surface area contributed by atoms with Gasteiger partial charge in [-0.25, -0.2) is 14.6 Å². The van der Waals surface area contributed by atoms with E-state index < -0.39 is 0 Å². The molecular weight excluding hydrogens is 336 g/mol. The predicted molar refractivity (Wildman–Crippen MR) is 102 cm³/mol. The van der Waals surface area contributed by atoms with E-state index in [4.69, 9.17) is 0 Å². The summed E-state index contributed by atoms with van der Waals surface area (Å²) in [6.07, 6.45) is 9.29. The predicted octanol–water partition coefficient (Wildman–Crippen LogP) is 3.36. The Kier molecular flexibility index (Phi) is 2.84. The van der Waals surface area contributed by atoms with Gasteiger partial charge in [0.25, 0.3) is 0 Å². The van der Waals surface area contributed by atoms with Crippen LogP contribution in [-0.4, -0.2) is 32.8 Å². The Morgan fingerprint density at radius 2 is 1.85 bits per heavy atom. The van der Waals surface area contributed by atoms with E-state index in [-0.39, 0.29) is 10.8 Å². The summed E-state index contributed by atoms with van der Waals surface area (Å²) in [5, 5.41) is 15.5. The Bertz CT molecular complexity index is 1100. The fraction of sp³-hybridized carbons (Fsp3) is 0.429. The van der Waals surface area contributed by atoms with E-state index in [2.05, 4.69) is 44.2 Å². The average Bonchev–Trinajstić information content (AvgIpc) is 3.44. The van der Waals surface area contributed by atoms with E-state index in [9.17, 15) is 5.26 Å². The Hall–Kier alpha value is -2.94. The van der Waals surface area contributed by atoms with Crippen LogP contribution >= 0.6 is 0 Å². The molecule has 6 nitrogen and oxygen atoms in total. The number of hydrogen-bond donors (Lipinski definition) is 0. The van der Waals surface area contributed by atoms with Crippen molar-refractivity contribution in [3.63, 3.8) is 0 Å². The summed E-state index contributed by atoms with van der Waals surface area (Å²) < 4.78 is 1.88. The molecule has 1 atom stereocenters. The van der Waals surface area contributed by atoms with Crippen LogP contribution < -0.4 is 4.90 Å². The van der Waals surface area contributed by atoms with Gasteiger partial charge >= 0.3 is 0 Å². The lowest BCUT2D eigenvalue weighted by molar-refractivity contribution is 0.737. The number of fused-ring (bicyclic) bond motifs is 1. The molecule has 1 unspecified atom stereocenters. The van der Waals surface area contributed by atoms with Gasteiger partial charge < -0.3 is 4.90 Å². The van der Waals surface area contributed by atoms with Crippen LogP contribution in [0.25, 0.3) is 16.7 Å². The number of nitrogens with zero attached hydrogens (tertiary/aromatic N) is 6. The molecule has 1 aromatic carbocycles. The molecule has 134 valence electrons. The molecule has 1 aliphatic heterocycles. The minimum absolute atomic E-state index is 0.262. The van der Waals surface area contributed by atoms with E-state index in [1.54, 1.807) is 6.33 Å². The second-order valence-corrected chi connectivity index (χ2v) is 8.23. The van der Waals surface area contributed by atoms with Crippen molar-refractivity contribution < 1.29 is 0 Å². The Morgan fingerprint density at radius 3 is 2.59 bits per heavy atom. The molecule has 6 rings (SSSR count). The maximum Gasteiger partial charge on any atom is 0.159 e. The molecule has 3 aromatic rings. The van der Waals surface area contributed by atoms with Crippen molar-refractivity contribution in [3.8, 4) is 11.9 Å². The first-order valence-electron chi connectivity index (χ1n) is 9.72. The summed E-state index contributed by atoms with van der Waals surface area (Å²) in [7, 11) is 0. The molecule has 0 radical (unpaired) electrons. The van der Waals surface area contributed by atoms with Gasteiger partial charge in [0, 0.05) is 24.5 Å². The molecule has 0 amide bonds. The third-order valence-electron chi connectivity index (χ3n) is 6.78. The van der Waals surface area contributed by atoms with Crippen LogP contribution in [0.5, 0.6) is 0 Å². The largest absolute Gasteiger partial charge is 0.356 e. The zero-order chi connectivity index (χ0) is 18.1. The maximum absolute atomic E-state index is 9.85. The zero-order valence-corrected chi connectivity index (χ0v) is 15.1. The first-order chi connectivity index (χ1) is 13.2. The Morgan fingerprint density at radius 1 is 1.04 bits per heavy atom. The molecule has 0 bridgehead atoms. The lowest BCUT2D eigenvalue weighted by atomic mass is 9.93.